The number of aromatic nitrogens is 1. The lowest BCUT2D eigenvalue weighted by Gasteiger charge is -2.41. The summed E-state index contributed by atoms with van der Waals surface area (Å²) in [6.07, 6.45) is 0.781. The standard InChI is InChI=1S/C24H19ClFN3O4/c1-27-23-16-5-3-2-4-14(16)11-29(23)28-12-17(21(31)22(32)20(28)24(27)33)19(30)9-7-13-6-8-15(25)10-18(13)26/h2-6,8,10,12,23,32H,7,9,11H2,1H3/t23-/m0/s1. The molecule has 3 heterocycles. The molecular formula is C24H19ClFN3O4. The minimum absolute atomic E-state index is 0.0588. The molecule has 168 valence electrons. The van der Waals surface area contributed by atoms with Gasteiger partial charge in [0.15, 0.2) is 17.2 Å². The SMILES string of the molecule is CN1C(=O)c2c(O)c(=O)c(C(=O)CCc3ccc(Cl)cc3F)cn2N2Cc3ccccc3[C@@H]12. The van der Waals surface area contributed by atoms with Gasteiger partial charge in [-0.05, 0) is 29.7 Å². The molecule has 33 heavy (non-hydrogen) atoms. The molecule has 7 nitrogen and oxygen atoms in total. The first-order valence-electron chi connectivity index (χ1n) is 10.4. The number of nitrogens with zero attached hydrogens (tertiary/aromatic N) is 3. The largest absolute Gasteiger partial charge is 0.502 e. The molecule has 2 aliphatic heterocycles. The van der Waals surface area contributed by atoms with Gasteiger partial charge in [0, 0.05) is 30.3 Å². The maximum absolute atomic E-state index is 14.1. The Balaban J connectivity index is 1.53. The van der Waals surface area contributed by atoms with Gasteiger partial charge >= 0.3 is 0 Å². The Morgan fingerprint density at radius 1 is 1.21 bits per heavy atom. The van der Waals surface area contributed by atoms with Gasteiger partial charge in [-0.1, -0.05) is 41.9 Å². The van der Waals surface area contributed by atoms with Crippen LogP contribution < -0.4 is 10.4 Å². The van der Waals surface area contributed by atoms with Crippen molar-refractivity contribution in [3.05, 3.63) is 97.7 Å². The van der Waals surface area contributed by atoms with Crippen molar-refractivity contribution in [3.63, 3.8) is 0 Å². The van der Waals surface area contributed by atoms with E-state index in [4.69, 9.17) is 11.6 Å². The van der Waals surface area contributed by atoms with Crippen molar-refractivity contribution in [1.82, 2.24) is 9.58 Å². The quantitative estimate of drug-likeness (QED) is 0.595. The number of carbonyl (C=O) groups is 2. The maximum Gasteiger partial charge on any atom is 0.278 e. The minimum Gasteiger partial charge on any atom is -0.502 e. The lowest BCUT2D eigenvalue weighted by molar-refractivity contribution is 0.0640. The monoisotopic (exact) mass is 467 g/mol. The zero-order valence-electron chi connectivity index (χ0n) is 17.6. The molecule has 9 heteroatoms. The van der Waals surface area contributed by atoms with Gasteiger partial charge in [0.05, 0.1) is 12.1 Å². The van der Waals surface area contributed by atoms with E-state index in [2.05, 4.69) is 0 Å². The van der Waals surface area contributed by atoms with Crippen LogP contribution in [-0.2, 0) is 13.0 Å². The highest BCUT2D eigenvalue weighted by molar-refractivity contribution is 6.30. The van der Waals surface area contributed by atoms with E-state index >= 15 is 0 Å². The highest BCUT2D eigenvalue weighted by Crippen LogP contribution is 2.39. The summed E-state index contributed by atoms with van der Waals surface area (Å²) in [6.45, 7) is 0.428. The van der Waals surface area contributed by atoms with Crippen LogP contribution in [0, 0.1) is 5.82 Å². The maximum atomic E-state index is 14.1. The zero-order chi connectivity index (χ0) is 23.4. The number of hydrogen-bond donors (Lipinski definition) is 1. The second-order valence-electron chi connectivity index (χ2n) is 8.16. The molecule has 0 saturated heterocycles. The fraction of sp³-hybridized carbons (Fsp3) is 0.208. The number of Topliss-reactive ketones (excluding diaryl/α,β-unsaturated/α-hetero) is 1. The van der Waals surface area contributed by atoms with Gasteiger partial charge in [-0.2, -0.15) is 0 Å². The number of ketones is 1. The van der Waals surface area contributed by atoms with Crippen LogP contribution >= 0.6 is 11.6 Å². The van der Waals surface area contributed by atoms with Gasteiger partial charge in [-0.15, -0.1) is 0 Å². The lowest BCUT2D eigenvalue weighted by atomic mass is 10.0. The Labute approximate surface area is 193 Å². The molecule has 1 amide bonds. The van der Waals surface area contributed by atoms with Crippen LogP contribution in [0.15, 0.2) is 53.5 Å². The Morgan fingerprint density at radius 2 is 1.97 bits per heavy atom. The van der Waals surface area contributed by atoms with Crippen molar-refractivity contribution in [2.24, 2.45) is 0 Å². The molecule has 0 radical (unpaired) electrons. The molecule has 3 aromatic rings. The van der Waals surface area contributed by atoms with Gasteiger partial charge in [-0.25, -0.2) is 4.39 Å². The highest BCUT2D eigenvalue weighted by atomic mass is 35.5. The smallest absolute Gasteiger partial charge is 0.278 e. The van der Waals surface area contributed by atoms with Crippen molar-refractivity contribution in [1.29, 1.82) is 0 Å². The number of fused-ring (bicyclic) bond motifs is 5. The third kappa shape index (κ3) is 3.29. The Hall–Kier alpha value is -3.65. The molecule has 2 aliphatic rings. The van der Waals surface area contributed by atoms with Crippen molar-refractivity contribution in [2.75, 3.05) is 12.1 Å². The van der Waals surface area contributed by atoms with E-state index in [0.717, 1.165) is 17.2 Å². The summed E-state index contributed by atoms with van der Waals surface area (Å²) in [7, 11) is 1.61. The summed E-state index contributed by atoms with van der Waals surface area (Å²) in [5.74, 6) is -2.39. The molecule has 1 atom stereocenters. The molecule has 1 N–H and O–H groups in total. The van der Waals surface area contributed by atoms with Crippen LogP contribution in [0.4, 0.5) is 4.39 Å². The van der Waals surface area contributed by atoms with Gasteiger partial charge in [-0.3, -0.25) is 24.1 Å². The summed E-state index contributed by atoms with van der Waals surface area (Å²) in [4.78, 5) is 40.2. The van der Waals surface area contributed by atoms with E-state index in [1.165, 1.54) is 27.9 Å². The van der Waals surface area contributed by atoms with E-state index in [-0.39, 0.29) is 29.1 Å². The average Bonchev–Trinajstić information content (AvgIpc) is 3.18. The molecule has 2 aromatic carbocycles. The number of aromatic hydroxyl groups is 1. The first-order chi connectivity index (χ1) is 15.8. The average molecular weight is 468 g/mol. The van der Waals surface area contributed by atoms with Gasteiger partial charge < -0.3 is 10.0 Å². The van der Waals surface area contributed by atoms with Crippen molar-refractivity contribution in [3.8, 4) is 5.75 Å². The number of amides is 1. The van der Waals surface area contributed by atoms with Crippen LogP contribution in [0.3, 0.4) is 0 Å². The predicted octanol–water partition coefficient (Wildman–Crippen LogP) is 3.40. The van der Waals surface area contributed by atoms with Crippen molar-refractivity contribution in [2.45, 2.75) is 25.6 Å². The fourth-order valence-corrected chi connectivity index (χ4v) is 4.69. The molecule has 0 aliphatic carbocycles. The van der Waals surface area contributed by atoms with Gasteiger partial charge in [0.1, 0.15) is 12.0 Å². The Kier molecular flexibility index (Phi) is 4.97. The van der Waals surface area contributed by atoms with Gasteiger partial charge in [0.25, 0.3) is 5.91 Å². The molecule has 0 fully saturated rings. The number of pyridine rings is 1. The van der Waals surface area contributed by atoms with Crippen LogP contribution in [0.25, 0.3) is 0 Å². The summed E-state index contributed by atoms with van der Waals surface area (Å²) in [6, 6.07) is 11.8. The number of carbonyl (C=O) groups excluding carboxylic acids is 2. The first-order valence-corrected chi connectivity index (χ1v) is 10.7. The molecular weight excluding hydrogens is 449 g/mol. The molecule has 0 bridgehead atoms. The van der Waals surface area contributed by atoms with Crippen LogP contribution in [0.2, 0.25) is 5.02 Å². The van der Waals surface area contributed by atoms with E-state index in [1.54, 1.807) is 7.05 Å². The third-order valence-corrected chi connectivity index (χ3v) is 6.45. The third-order valence-electron chi connectivity index (χ3n) is 6.22. The molecule has 0 saturated carbocycles. The van der Waals surface area contributed by atoms with Crippen molar-refractivity contribution >= 4 is 23.3 Å². The minimum atomic E-state index is -0.917. The summed E-state index contributed by atoms with van der Waals surface area (Å²) in [5.41, 5.74) is 0.869. The van der Waals surface area contributed by atoms with Crippen LogP contribution in [0.5, 0.6) is 5.75 Å². The summed E-state index contributed by atoms with van der Waals surface area (Å²) >= 11 is 5.77. The number of halogens is 2. The van der Waals surface area contributed by atoms with E-state index in [1.807, 2.05) is 29.3 Å². The Bertz CT molecular complexity index is 1390. The number of rotatable bonds is 4. The highest BCUT2D eigenvalue weighted by Gasteiger charge is 2.43. The van der Waals surface area contributed by atoms with E-state index < -0.39 is 34.9 Å². The normalized spacial score (nSPS) is 16.5. The molecule has 0 unspecified atom stereocenters. The van der Waals surface area contributed by atoms with Crippen molar-refractivity contribution < 1.29 is 19.1 Å². The second kappa shape index (κ2) is 7.74. The first kappa shape index (κ1) is 21.2. The molecule has 1 aromatic heterocycles. The molecule has 5 rings (SSSR count). The zero-order valence-corrected chi connectivity index (χ0v) is 18.3. The van der Waals surface area contributed by atoms with Crippen LogP contribution in [-0.4, -0.2) is 33.4 Å². The number of benzene rings is 2. The summed E-state index contributed by atoms with van der Waals surface area (Å²) in [5, 5.41) is 12.7. The molecule has 0 spiro atoms. The topological polar surface area (TPSA) is 82.9 Å². The number of hydrogen-bond acceptors (Lipinski definition) is 5. The van der Waals surface area contributed by atoms with Crippen LogP contribution in [0.1, 0.15) is 50.1 Å². The number of aryl methyl sites for hydroxylation is 1. The second-order valence-corrected chi connectivity index (χ2v) is 8.60. The summed E-state index contributed by atoms with van der Waals surface area (Å²) < 4.78 is 15.5. The lowest BCUT2D eigenvalue weighted by Crippen LogP contribution is -2.52. The predicted molar refractivity (Wildman–Crippen MR) is 120 cm³/mol. The van der Waals surface area contributed by atoms with E-state index in [9.17, 15) is 23.9 Å². The Morgan fingerprint density at radius 3 is 2.73 bits per heavy atom. The van der Waals surface area contributed by atoms with Gasteiger partial charge in [0.2, 0.25) is 5.43 Å². The van der Waals surface area contributed by atoms with E-state index in [0.29, 0.717) is 12.1 Å². The fourth-order valence-electron chi connectivity index (χ4n) is 4.53.